The van der Waals surface area contributed by atoms with Crippen LogP contribution in [0.1, 0.15) is 19.3 Å². The molecule has 1 heterocycles. The first-order valence-corrected chi connectivity index (χ1v) is 7.04. The zero-order chi connectivity index (χ0) is 12.5. The summed E-state index contributed by atoms with van der Waals surface area (Å²) in [5.74, 6) is -0.402. The predicted molar refractivity (Wildman–Crippen MR) is 71.5 cm³/mol. The fraction of sp³-hybridized carbons (Fsp3) is 0.455. The van der Waals surface area contributed by atoms with E-state index in [1.54, 1.807) is 18.0 Å². The maximum Gasteiger partial charge on any atom is 0.237 e. The molecule has 2 atom stereocenters. The Morgan fingerprint density at radius 1 is 1.65 bits per heavy atom. The predicted octanol–water partition coefficient (Wildman–Crippen LogP) is 1.67. The molecule has 92 valence electrons. The molecule has 0 aromatic carbocycles. The quantitative estimate of drug-likeness (QED) is 0.889. The largest absolute Gasteiger partial charge is 0.368 e. The molecule has 1 aliphatic carbocycles. The van der Waals surface area contributed by atoms with Crippen LogP contribution in [0.4, 0.5) is 0 Å². The summed E-state index contributed by atoms with van der Waals surface area (Å²) < 4.78 is 0.971. The molecule has 1 saturated carbocycles. The number of carbonyl (C=O) groups is 1. The van der Waals surface area contributed by atoms with Crippen molar-refractivity contribution in [3.8, 4) is 0 Å². The van der Waals surface area contributed by atoms with Gasteiger partial charge >= 0.3 is 0 Å². The summed E-state index contributed by atoms with van der Waals surface area (Å²) in [6.45, 7) is 0. The van der Waals surface area contributed by atoms with Gasteiger partial charge in [-0.25, -0.2) is 4.98 Å². The number of nitrogens with two attached hydrogens (primary N) is 2. The number of pyridine rings is 1. The Labute approximate surface area is 113 Å². The van der Waals surface area contributed by atoms with Crippen molar-refractivity contribution in [2.45, 2.75) is 35.1 Å². The maximum absolute atomic E-state index is 11.3. The topological polar surface area (TPSA) is 82.0 Å². The molecular formula is C11H14BrN3OS. The van der Waals surface area contributed by atoms with Gasteiger partial charge in [-0.2, -0.15) is 0 Å². The van der Waals surface area contributed by atoms with Crippen LogP contribution >= 0.6 is 27.7 Å². The molecule has 2 unspecified atom stereocenters. The van der Waals surface area contributed by atoms with Gasteiger partial charge in [0, 0.05) is 15.9 Å². The Kier molecular flexibility index (Phi) is 3.75. The lowest BCUT2D eigenvalue weighted by Crippen LogP contribution is -2.50. The van der Waals surface area contributed by atoms with E-state index in [4.69, 9.17) is 11.5 Å². The fourth-order valence-corrected chi connectivity index (χ4v) is 3.74. The Balaban J connectivity index is 2.04. The molecule has 1 aliphatic rings. The normalized spacial score (nSPS) is 28.2. The molecule has 6 heteroatoms. The number of rotatable bonds is 3. The Morgan fingerprint density at radius 2 is 2.41 bits per heavy atom. The molecule has 0 spiro atoms. The van der Waals surface area contributed by atoms with Gasteiger partial charge in [-0.3, -0.25) is 4.79 Å². The number of aromatic nitrogens is 1. The molecule has 1 aromatic heterocycles. The van der Waals surface area contributed by atoms with Gasteiger partial charge in [0.05, 0.1) is 5.54 Å². The van der Waals surface area contributed by atoms with Crippen molar-refractivity contribution in [3.63, 3.8) is 0 Å². The van der Waals surface area contributed by atoms with E-state index in [0.29, 0.717) is 18.1 Å². The van der Waals surface area contributed by atoms with Crippen LogP contribution in [-0.4, -0.2) is 21.7 Å². The number of amides is 1. The lowest BCUT2D eigenvalue weighted by atomic mass is 9.99. The molecule has 0 aliphatic heterocycles. The van der Waals surface area contributed by atoms with Crippen LogP contribution in [0.25, 0.3) is 0 Å². The minimum absolute atomic E-state index is 0.304. The summed E-state index contributed by atoms with van der Waals surface area (Å²) in [5.41, 5.74) is 10.4. The average Bonchev–Trinajstić information content (AvgIpc) is 2.65. The monoisotopic (exact) mass is 315 g/mol. The summed E-state index contributed by atoms with van der Waals surface area (Å²) in [4.78, 5) is 15.5. The van der Waals surface area contributed by atoms with Crippen LogP contribution in [0.2, 0.25) is 0 Å². The summed E-state index contributed by atoms with van der Waals surface area (Å²) >= 11 is 5.11. The molecule has 0 radical (unpaired) electrons. The van der Waals surface area contributed by atoms with Crippen molar-refractivity contribution in [1.29, 1.82) is 0 Å². The zero-order valence-corrected chi connectivity index (χ0v) is 11.6. The highest BCUT2D eigenvalue weighted by molar-refractivity contribution is 9.10. The summed E-state index contributed by atoms with van der Waals surface area (Å²) in [7, 11) is 0. The zero-order valence-electron chi connectivity index (χ0n) is 9.23. The number of nitrogens with zero attached hydrogens (tertiary/aromatic N) is 1. The highest BCUT2D eigenvalue weighted by Gasteiger charge is 2.41. The van der Waals surface area contributed by atoms with Crippen molar-refractivity contribution < 1.29 is 4.79 Å². The fourth-order valence-electron chi connectivity index (χ4n) is 1.97. The Hall–Kier alpha value is -0.590. The van der Waals surface area contributed by atoms with Gasteiger partial charge in [0.1, 0.15) is 5.03 Å². The van der Waals surface area contributed by atoms with Crippen LogP contribution in [0.15, 0.2) is 27.8 Å². The third kappa shape index (κ3) is 2.81. The summed E-state index contributed by atoms with van der Waals surface area (Å²) in [6.07, 6.45) is 3.93. The Morgan fingerprint density at radius 3 is 3.00 bits per heavy atom. The number of hydrogen-bond acceptors (Lipinski definition) is 4. The number of thioether (sulfide) groups is 1. The van der Waals surface area contributed by atoms with Gasteiger partial charge in [0.15, 0.2) is 0 Å². The van der Waals surface area contributed by atoms with Crippen LogP contribution in [0.3, 0.4) is 0 Å². The average molecular weight is 316 g/mol. The molecule has 1 fully saturated rings. The molecule has 1 amide bonds. The third-order valence-corrected chi connectivity index (χ3v) is 5.18. The maximum atomic E-state index is 11.3. The van der Waals surface area contributed by atoms with Crippen molar-refractivity contribution in [1.82, 2.24) is 4.98 Å². The molecule has 0 bridgehead atoms. The minimum atomic E-state index is -0.834. The molecule has 1 aromatic rings. The second kappa shape index (κ2) is 4.96. The van der Waals surface area contributed by atoms with Crippen molar-refractivity contribution in [2.75, 3.05) is 0 Å². The van der Waals surface area contributed by atoms with Gasteiger partial charge in [0.25, 0.3) is 0 Å². The van der Waals surface area contributed by atoms with Crippen LogP contribution in [-0.2, 0) is 4.79 Å². The van der Waals surface area contributed by atoms with Gasteiger partial charge < -0.3 is 11.5 Å². The van der Waals surface area contributed by atoms with E-state index >= 15 is 0 Å². The van der Waals surface area contributed by atoms with E-state index in [1.807, 2.05) is 12.1 Å². The summed E-state index contributed by atoms with van der Waals surface area (Å²) in [6, 6.07) is 3.83. The molecular weight excluding hydrogens is 302 g/mol. The molecule has 4 nitrogen and oxygen atoms in total. The van der Waals surface area contributed by atoms with E-state index < -0.39 is 11.4 Å². The van der Waals surface area contributed by atoms with E-state index in [0.717, 1.165) is 15.9 Å². The standard InChI is InChI=1S/C11H14BrN3OS/c12-8-2-1-5-15-9(8)17-7-3-4-11(14,6-7)10(13)16/h1-2,5,7H,3-4,6,14H2,(H2,13,16). The van der Waals surface area contributed by atoms with Gasteiger partial charge in [-0.15, -0.1) is 11.8 Å². The second-order valence-corrected chi connectivity index (χ2v) is 6.44. The van der Waals surface area contributed by atoms with Crippen LogP contribution < -0.4 is 11.5 Å². The van der Waals surface area contributed by atoms with Crippen molar-refractivity contribution in [3.05, 3.63) is 22.8 Å². The first kappa shape index (κ1) is 12.9. The smallest absolute Gasteiger partial charge is 0.237 e. The van der Waals surface area contributed by atoms with Crippen LogP contribution in [0.5, 0.6) is 0 Å². The third-order valence-electron chi connectivity index (χ3n) is 3.00. The van der Waals surface area contributed by atoms with Crippen molar-refractivity contribution in [2.24, 2.45) is 11.5 Å². The summed E-state index contributed by atoms with van der Waals surface area (Å²) in [5, 5.41) is 1.24. The first-order valence-electron chi connectivity index (χ1n) is 5.37. The lowest BCUT2D eigenvalue weighted by molar-refractivity contribution is -0.122. The van der Waals surface area contributed by atoms with E-state index in [9.17, 15) is 4.79 Å². The molecule has 2 rings (SSSR count). The highest BCUT2D eigenvalue weighted by atomic mass is 79.9. The highest BCUT2D eigenvalue weighted by Crippen LogP contribution is 2.40. The van der Waals surface area contributed by atoms with E-state index in [1.165, 1.54) is 0 Å². The van der Waals surface area contributed by atoms with E-state index in [-0.39, 0.29) is 0 Å². The second-order valence-electron chi connectivity index (χ2n) is 4.29. The SMILES string of the molecule is NC(=O)C1(N)CCC(Sc2ncccc2Br)C1. The van der Waals surface area contributed by atoms with E-state index in [2.05, 4.69) is 20.9 Å². The number of hydrogen-bond donors (Lipinski definition) is 2. The van der Waals surface area contributed by atoms with Gasteiger partial charge in [-0.1, -0.05) is 0 Å². The van der Waals surface area contributed by atoms with Gasteiger partial charge in [0.2, 0.25) is 5.91 Å². The number of halogens is 1. The number of carbonyl (C=O) groups excluding carboxylic acids is 1. The number of primary amides is 1. The van der Waals surface area contributed by atoms with Crippen LogP contribution in [0, 0.1) is 0 Å². The molecule has 0 saturated heterocycles. The van der Waals surface area contributed by atoms with Gasteiger partial charge in [-0.05, 0) is 47.3 Å². The Bertz CT molecular complexity index is 442. The van der Waals surface area contributed by atoms with Crippen molar-refractivity contribution >= 4 is 33.6 Å². The molecule has 4 N–H and O–H groups in total. The first-order chi connectivity index (χ1) is 8.01. The minimum Gasteiger partial charge on any atom is -0.368 e. The molecule has 17 heavy (non-hydrogen) atoms. The lowest BCUT2D eigenvalue weighted by Gasteiger charge is -2.19.